The van der Waals surface area contributed by atoms with E-state index in [1.54, 1.807) is 37.3 Å². The number of Topliss-reactive ketones (excluding diaryl/α,β-unsaturated/α-hetero) is 1. The fourth-order valence-electron chi connectivity index (χ4n) is 2.57. The van der Waals surface area contributed by atoms with Crippen LogP contribution in [0.25, 0.3) is 11.0 Å². The van der Waals surface area contributed by atoms with Crippen molar-refractivity contribution < 1.29 is 19.1 Å². The van der Waals surface area contributed by atoms with Crippen LogP contribution < -0.4 is 0 Å². The quantitative estimate of drug-likeness (QED) is 0.292. The summed E-state index contributed by atoms with van der Waals surface area (Å²) in [6.45, 7) is 3.23. The second-order valence-electron chi connectivity index (χ2n) is 5.83. The SMILES string of the molecule is CCOC(=O)C(Sc1nc2ccc(C(=O)c3ccccc3)cc2[nH]1)C(C)=O. The minimum Gasteiger partial charge on any atom is -0.465 e. The van der Waals surface area contributed by atoms with E-state index in [1.165, 1.54) is 6.92 Å². The number of ether oxygens (including phenoxy) is 1. The van der Waals surface area contributed by atoms with Gasteiger partial charge in [0, 0.05) is 11.1 Å². The number of H-pyrrole nitrogens is 1. The molecule has 1 unspecified atom stereocenters. The average Bonchev–Trinajstić information content (AvgIpc) is 3.08. The summed E-state index contributed by atoms with van der Waals surface area (Å²) in [5.41, 5.74) is 2.44. The van der Waals surface area contributed by atoms with Crippen molar-refractivity contribution in [2.45, 2.75) is 24.3 Å². The van der Waals surface area contributed by atoms with Gasteiger partial charge >= 0.3 is 5.97 Å². The molecule has 138 valence electrons. The normalized spacial score (nSPS) is 11.9. The molecule has 27 heavy (non-hydrogen) atoms. The topological polar surface area (TPSA) is 89.1 Å². The van der Waals surface area contributed by atoms with Crippen LogP contribution in [-0.2, 0) is 14.3 Å². The number of esters is 1. The zero-order valence-corrected chi connectivity index (χ0v) is 15.7. The van der Waals surface area contributed by atoms with Gasteiger partial charge in [0.25, 0.3) is 0 Å². The maximum atomic E-state index is 12.6. The Hall–Kier alpha value is -2.93. The first-order valence-corrected chi connectivity index (χ1v) is 9.31. The first-order chi connectivity index (χ1) is 13.0. The second kappa shape index (κ2) is 8.18. The molecule has 0 fully saturated rings. The third kappa shape index (κ3) is 4.25. The predicted octanol–water partition coefficient (Wildman–Crippen LogP) is 3.41. The summed E-state index contributed by atoms with van der Waals surface area (Å²) in [5.74, 6) is -0.983. The van der Waals surface area contributed by atoms with Gasteiger partial charge in [-0.2, -0.15) is 0 Å². The molecular weight excluding hydrogens is 364 g/mol. The number of imidazole rings is 1. The Kier molecular flexibility index (Phi) is 5.71. The van der Waals surface area contributed by atoms with E-state index in [2.05, 4.69) is 9.97 Å². The molecule has 2 aromatic carbocycles. The Morgan fingerprint density at radius 2 is 1.85 bits per heavy atom. The summed E-state index contributed by atoms with van der Waals surface area (Å²) in [6, 6.07) is 14.2. The maximum absolute atomic E-state index is 12.6. The number of ketones is 2. The number of hydrogen-bond acceptors (Lipinski definition) is 6. The summed E-state index contributed by atoms with van der Waals surface area (Å²) < 4.78 is 4.94. The monoisotopic (exact) mass is 382 g/mol. The number of benzene rings is 2. The van der Waals surface area contributed by atoms with E-state index in [0.29, 0.717) is 27.3 Å². The van der Waals surface area contributed by atoms with Gasteiger partial charge in [0.1, 0.15) is 0 Å². The number of thioether (sulfide) groups is 1. The Morgan fingerprint density at radius 3 is 2.52 bits per heavy atom. The molecule has 3 aromatic rings. The lowest BCUT2D eigenvalue weighted by Crippen LogP contribution is -2.27. The average molecular weight is 382 g/mol. The van der Waals surface area contributed by atoms with E-state index >= 15 is 0 Å². The molecule has 0 aliphatic rings. The highest BCUT2D eigenvalue weighted by Gasteiger charge is 2.27. The molecule has 0 spiro atoms. The first kappa shape index (κ1) is 18.8. The number of aromatic nitrogens is 2. The van der Waals surface area contributed by atoms with Crippen LogP contribution in [0.15, 0.2) is 53.7 Å². The predicted molar refractivity (Wildman–Crippen MR) is 103 cm³/mol. The number of nitrogens with one attached hydrogen (secondary N) is 1. The van der Waals surface area contributed by atoms with E-state index in [1.807, 2.05) is 18.2 Å². The standard InChI is InChI=1S/C20H18N2O4S/c1-3-26-19(25)18(12(2)23)27-20-21-15-10-9-14(11-16(15)22-20)17(24)13-7-5-4-6-8-13/h4-11,18H,3H2,1-2H3,(H,21,22). The van der Waals surface area contributed by atoms with Gasteiger partial charge in [0.15, 0.2) is 22.0 Å². The van der Waals surface area contributed by atoms with Gasteiger partial charge in [0.2, 0.25) is 0 Å². The summed E-state index contributed by atoms with van der Waals surface area (Å²) in [7, 11) is 0. The lowest BCUT2D eigenvalue weighted by Gasteiger charge is -2.09. The fourth-order valence-corrected chi connectivity index (χ4v) is 3.44. The third-order valence-corrected chi connectivity index (χ3v) is 5.03. The molecular formula is C20H18N2O4S. The molecule has 0 aliphatic carbocycles. The van der Waals surface area contributed by atoms with Crippen molar-refractivity contribution in [1.82, 2.24) is 9.97 Å². The Balaban J connectivity index is 1.86. The molecule has 1 aromatic heterocycles. The number of rotatable bonds is 7. The summed E-state index contributed by atoms with van der Waals surface area (Å²) in [6.07, 6.45) is 0. The van der Waals surface area contributed by atoms with Crippen molar-refractivity contribution in [3.8, 4) is 0 Å². The third-order valence-electron chi connectivity index (χ3n) is 3.86. The van der Waals surface area contributed by atoms with Crippen molar-refractivity contribution in [2.75, 3.05) is 6.61 Å². The molecule has 7 heteroatoms. The van der Waals surface area contributed by atoms with Gasteiger partial charge < -0.3 is 9.72 Å². The van der Waals surface area contributed by atoms with Crippen LogP contribution in [0.1, 0.15) is 29.8 Å². The minimum atomic E-state index is -0.976. The number of hydrogen-bond donors (Lipinski definition) is 1. The fraction of sp³-hybridized carbons (Fsp3) is 0.200. The zero-order valence-electron chi connectivity index (χ0n) is 14.9. The minimum absolute atomic E-state index is 0.0885. The van der Waals surface area contributed by atoms with E-state index < -0.39 is 11.2 Å². The molecule has 1 N–H and O–H groups in total. The Labute approximate surface area is 160 Å². The summed E-state index contributed by atoms with van der Waals surface area (Å²) in [4.78, 5) is 43.8. The Morgan fingerprint density at radius 1 is 1.11 bits per heavy atom. The van der Waals surface area contributed by atoms with Gasteiger partial charge in [0.05, 0.1) is 17.6 Å². The highest BCUT2D eigenvalue weighted by Crippen LogP contribution is 2.26. The number of nitrogens with zero attached hydrogens (tertiary/aromatic N) is 1. The smallest absolute Gasteiger partial charge is 0.327 e. The lowest BCUT2D eigenvalue weighted by molar-refractivity contribution is -0.144. The van der Waals surface area contributed by atoms with Crippen LogP contribution >= 0.6 is 11.8 Å². The van der Waals surface area contributed by atoms with Crippen LogP contribution in [-0.4, -0.2) is 39.4 Å². The van der Waals surface area contributed by atoms with Gasteiger partial charge in [-0.25, -0.2) is 4.98 Å². The van der Waals surface area contributed by atoms with Gasteiger partial charge in [-0.15, -0.1) is 0 Å². The largest absolute Gasteiger partial charge is 0.465 e. The number of fused-ring (bicyclic) bond motifs is 1. The number of carbonyl (C=O) groups is 3. The van der Waals surface area contributed by atoms with Crippen LogP contribution in [0, 0.1) is 0 Å². The molecule has 0 radical (unpaired) electrons. The van der Waals surface area contributed by atoms with Crippen molar-refractivity contribution in [1.29, 1.82) is 0 Å². The molecule has 0 aliphatic heterocycles. The van der Waals surface area contributed by atoms with E-state index in [9.17, 15) is 14.4 Å². The zero-order chi connectivity index (χ0) is 19.4. The molecule has 0 amide bonds. The van der Waals surface area contributed by atoms with Gasteiger partial charge in [-0.05, 0) is 32.0 Å². The van der Waals surface area contributed by atoms with Crippen LogP contribution in [0.5, 0.6) is 0 Å². The summed E-state index contributed by atoms with van der Waals surface area (Å²) in [5, 5.41) is -0.557. The Bertz CT molecular complexity index is 998. The van der Waals surface area contributed by atoms with Crippen molar-refractivity contribution in [2.24, 2.45) is 0 Å². The number of carbonyl (C=O) groups excluding carboxylic acids is 3. The van der Waals surface area contributed by atoms with Gasteiger partial charge in [-0.3, -0.25) is 14.4 Å². The molecule has 1 heterocycles. The van der Waals surface area contributed by atoms with Crippen LogP contribution in [0.2, 0.25) is 0 Å². The van der Waals surface area contributed by atoms with E-state index in [-0.39, 0.29) is 18.2 Å². The molecule has 1 atom stereocenters. The van der Waals surface area contributed by atoms with E-state index in [0.717, 1.165) is 11.8 Å². The highest BCUT2D eigenvalue weighted by atomic mass is 32.2. The molecule has 0 saturated carbocycles. The van der Waals surface area contributed by atoms with Crippen LogP contribution in [0.3, 0.4) is 0 Å². The molecule has 3 rings (SSSR count). The van der Waals surface area contributed by atoms with Crippen molar-refractivity contribution >= 4 is 40.3 Å². The van der Waals surface area contributed by atoms with Crippen LogP contribution in [0.4, 0.5) is 0 Å². The van der Waals surface area contributed by atoms with Crippen molar-refractivity contribution in [3.05, 3.63) is 59.7 Å². The highest BCUT2D eigenvalue weighted by molar-refractivity contribution is 8.01. The van der Waals surface area contributed by atoms with Crippen molar-refractivity contribution in [3.63, 3.8) is 0 Å². The molecule has 0 bridgehead atoms. The molecule has 6 nitrogen and oxygen atoms in total. The maximum Gasteiger partial charge on any atom is 0.327 e. The van der Waals surface area contributed by atoms with E-state index in [4.69, 9.17) is 4.74 Å². The summed E-state index contributed by atoms with van der Waals surface area (Å²) >= 11 is 1.01. The lowest BCUT2D eigenvalue weighted by atomic mass is 10.0. The number of aromatic amines is 1. The van der Waals surface area contributed by atoms with Gasteiger partial charge in [-0.1, -0.05) is 42.1 Å². The first-order valence-electron chi connectivity index (χ1n) is 8.43. The molecule has 0 saturated heterocycles. The second-order valence-corrected chi connectivity index (χ2v) is 6.92.